The molecular formula is AlBrCl3-. The molecule has 0 aliphatic carbocycles. The van der Waals surface area contributed by atoms with Crippen LogP contribution in [0.3, 0.4) is 0 Å². The summed E-state index contributed by atoms with van der Waals surface area (Å²) in [5.74, 6) is 0. The van der Waals surface area contributed by atoms with Crippen LogP contribution >= 0.6 is 44.2 Å². The van der Waals surface area contributed by atoms with Gasteiger partial charge in [-0.25, -0.2) is 0 Å². The number of hydrogen-bond acceptors (Lipinski definition) is 0. The Kier molecular flexibility index (Phi) is 3.11. The van der Waals surface area contributed by atoms with E-state index >= 15 is 0 Å². The Balaban J connectivity index is 3.02. The van der Waals surface area contributed by atoms with Gasteiger partial charge in [0.25, 0.3) is 0 Å². The van der Waals surface area contributed by atoms with Gasteiger partial charge in [-0.1, -0.05) is 0 Å². The highest BCUT2D eigenvalue weighted by molar-refractivity contribution is 9.30. The van der Waals surface area contributed by atoms with Crippen LogP contribution in [-0.2, 0) is 0 Å². The molecule has 0 amide bonds. The van der Waals surface area contributed by atoms with Gasteiger partial charge in [0.15, 0.2) is 0 Å². The van der Waals surface area contributed by atoms with Crippen LogP contribution in [0.25, 0.3) is 0 Å². The van der Waals surface area contributed by atoms with Gasteiger partial charge in [-0.2, -0.15) is 0 Å². The van der Waals surface area contributed by atoms with Crippen molar-refractivity contribution in [2.24, 2.45) is 0 Å². The smallest absolute Gasteiger partial charge is 0.396 e. The van der Waals surface area contributed by atoms with E-state index in [4.69, 9.17) is 30.1 Å². The molecule has 0 saturated heterocycles. The molecule has 0 aromatic heterocycles. The number of hydrogen-bond donors (Lipinski definition) is 0. The molecule has 0 radical (unpaired) electrons. The van der Waals surface area contributed by atoms with Crippen LogP contribution in [0, 0.1) is 0 Å². The molecule has 0 nitrogen and oxygen atoms in total. The Hall–Kier alpha value is 1.88. The summed E-state index contributed by atoms with van der Waals surface area (Å²) in [5, 5.41) is 0. The van der Waals surface area contributed by atoms with Gasteiger partial charge in [-0.15, -0.1) is 0 Å². The van der Waals surface area contributed by atoms with Gasteiger partial charge in [0.05, 0.1) is 0 Å². The van der Waals surface area contributed by atoms with Crippen molar-refractivity contribution in [2.75, 3.05) is 0 Å². The van der Waals surface area contributed by atoms with Crippen molar-refractivity contribution in [3.8, 4) is 0 Å². The predicted molar refractivity (Wildman–Crippen MR) is 32.2 cm³/mol. The first-order valence-corrected chi connectivity index (χ1v) is 9.29. The van der Waals surface area contributed by atoms with E-state index in [1.165, 1.54) is 0 Å². The van der Waals surface area contributed by atoms with Gasteiger partial charge >= 0.3 is 8.49 Å². The minimum Gasteiger partial charge on any atom is -0.396 e. The summed E-state index contributed by atoms with van der Waals surface area (Å²) in [7, 11) is 12.8. The topological polar surface area (TPSA) is 0 Å². The van der Waals surface area contributed by atoms with Crippen LogP contribution in [0.15, 0.2) is 0 Å². The zero-order valence-electron chi connectivity index (χ0n) is 2.09. The van der Waals surface area contributed by atoms with Gasteiger partial charge in [0.2, 0.25) is 0 Å². The van der Waals surface area contributed by atoms with E-state index in [1.54, 1.807) is 0 Å². The Labute approximate surface area is 52.3 Å². The monoisotopic (exact) mass is 211 g/mol. The molecule has 0 heterocycles. The third kappa shape index (κ3) is 25.0. The van der Waals surface area contributed by atoms with Crippen molar-refractivity contribution in [1.29, 1.82) is 0 Å². The fourth-order valence-electron chi connectivity index (χ4n) is 0. The Morgan fingerprint density at radius 3 is 1.20 bits per heavy atom. The van der Waals surface area contributed by atoms with Crippen LogP contribution < -0.4 is 0 Å². The zero-order chi connectivity index (χ0) is 4.50. The maximum Gasteiger partial charge on any atom is 0.534 e. The lowest BCUT2D eigenvalue weighted by molar-refractivity contribution is 3.97. The summed E-state index contributed by atoms with van der Waals surface area (Å²) >= 11 is 2.84. The highest BCUT2D eigenvalue weighted by atomic mass is 79.9. The Morgan fingerprint density at radius 2 is 1.20 bits per heavy atom. The molecule has 0 aliphatic rings. The second kappa shape index (κ2) is 2.26. The molecule has 32 valence electrons. The quantitative estimate of drug-likeness (QED) is 0.542. The highest BCUT2D eigenvalue weighted by Gasteiger charge is 2.13. The standard InChI is InChI=1S/Al.BrH.3ClH/h;4*1H/q+3;;;;/p-4. The van der Waals surface area contributed by atoms with E-state index in [1.807, 2.05) is 0 Å². The molecular weight excluding hydrogens is 213 g/mol. The van der Waals surface area contributed by atoms with Gasteiger partial charge < -0.3 is 44.2 Å². The van der Waals surface area contributed by atoms with Crippen LogP contribution in [0.1, 0.15) is 0 Å². The maximum absolute atomic E-state index is 5.14. The van der Waals surface area contributed by atoms with Crippen molar-refractivity contribution >= 4 is 52.7 Å². The van der Waals surface area contributed by atoms with E-state index in [0.29, 0.717) is 0 Å². The zero-order valence-corrected chi connectivity index (χ0v) is 7.10. The minimum absolute atomic E-state index is 2.60. The third-order valence-electron chi connectivity index (χ3n) is 0. The van der Waals surface area contributed by atoms with Gasteiger partial charge in [-0.3, -0.25) is 0 Å². The second-order valence-electron chi connectivity index (χ2n) is 0.495. The molecule has 0 aromatic rings. The van der Waals surface area contributed by atoms with Crippen molar-refractivity contribution < 1.29 is 0 Å². The van der Waals surface area contributed by atoms with E-state index in [-0.39, 0.29) is 0 Å². The molecule has 0 bridgehead atoms. The fraction of sp³-hybridized carbons (Fsp3) is 0. The highest BCUT2D eigenvalue weighted by Crippen LogP contribution is 2.25. The first-order chi connectivity index (χ1) is 2.00. The van der Waals surface area contributed by atoms with E-state index in [2.05, 4.69) is 14.1 Å². The van der Waals surface area contributed by atoms with Crippen LogP contribution in [-0.4, -0.2) is 8.49 Å². The fourth-order valence-corrected chi connectivity index (χ4v) is 0. The summed E-state index contributed by atoms with van der Waals surface area (Å²) in [4.78, 5) is 0. The summed E-state index contributed by atoms with van der Waals surface area (Å²) in [6.07, 6.45) is 0. The molecule has 0 N–H and O–H groups in total. The van der Waals surface area contributed by atoms with Crippen molar-refractivity contribution in [3.63, 3.8) is 0 Å². The lowest BCUT2D eigenvalue weighted by Crippen LogP contribution is -1.90. The molecule has 0 atom stereocenters. The Bertz CT molecular complexity index is 22.4. The lowest BCUT2D eigenvalue weighted by atomic mass is 26.6. The predicted octanol–water partition coefficient (Wildman–Crippen LogP) is 2.53. The number of halogens is 4. The second-order valence-corrected chi connectivity index (χ2v) is 18.3. The molecule has 5 heteroatoms. The molecule has 0 fully saturated rings. The maximum atomic E-state index is 5.14. The molecule has 0 aliphatic heterocycles. The average molecular weight is 213 g/mol. The van der Waals surface area contributed by atoms with Gasteiger partial charge in [0.1, 0.15) is 0 Å². The molecule has 0 rings (SSSR count). The van der Waals surface area contributed by atoms with Crippen LogP contribution in [0.2, 0.25) is 0 Å². The van der Waals surface area contributed by atoms with Gasteiger partial charge in [-0.05, 0) is 0 Å². The first-order valence-electron chi connectivity index (χ1n) is 0.873. The Morgan fingerprint density at radius 1 is 1.20 bits per heavy atom. The van der Waals surface area contributed by atoms with E-state index < -0.39 is 8.49 Å². The molecule has 0 saturated carbocycles. The molecule has 0 spiro atoms. The van der Waals surface area contributed by atoms with E-state index in [9.17, 15) is 0 Å². The minimum atomic E-state index is -2.60. The normalized spacial score (nSPS) is 12.0. The SMILES string of the molecule is [Cl][Al-]([Cl])([Cl])[Br]. The van der Waals surface area contributed by atoms with E-state index in [0.717, 1.165) is 0 Å². The third-order valence-corrected chi connectivity index (χ3v) is 0. The van der Waals surface area contributed by atoms with Crippen molar-refractivity contribution in [2.45, 2.75) is 0 Å². The van der Waals surface area contributed by atoms with Crippen LogP contribution in [0.4, 0.5) is 0 Å². The lowest BCUT2D eigenvalue weighted by Gasteiger charge is -1.97. The largest absolute Gasteiger partial charge is 0.534 e. The summed E-state index contributed by atoms with van der Waals surface area (Å²) in [5.41, 5.74) is 0. The van der Waals surface area contributed by atoms with Crippen LogP contribution in [0.5, 0.6) is 0 Å². The first kappa shape index (κ1) is 6.88. The average Bonchev–Trinajstić information content (AvgIpc) is 0.722. The summed E-state index contributed by atoms with van der Waals surface area (Å²) in [6, 6.07) is 0. The summed E-state index contributed by atoms with van der Waals surface area (Å²) < 4.78 is 0. The van der Waals surface area contributed by atoms with Crippen molar-refractivity contribution in [3.05, 3.63) is 0 Å². The van der Waals surface area contributed by atoms with Crippen molar-refractivity contribution in [1.82, 2.24) is 0 Å². The summed E-state index contributed by atoms with van der Waals surface area (Å²) in [6.45, 7) is 0. The molecule has 5 heavy (non-hydrogen) atoms. The van der Waals surface area contributed by atoms with Gasteiger partial charge in [0, 0.05) is 0 Å². The molecule has 0 aromatic carbocycles. The molecule has 0 unspecified atom stereocenters. The number of rotatable bonds is 0.